The smallest absolute Gasteiger partial charge is 0.261 e. The molecular weight excluding hydrogens is 244 g/mol. The normalized spacial score (nSPS) is 13.6. The molecule has 1 aliphatic rings. The van der Waals surface area contributed by atoms with Gasteiger partial charge in [0.2, 0.25) is 5.91 Å². The maximum atomic E-state index is 12.0. The van der Waals surface area contributed by atoms with E-state index in [4.69, 9.17) is 0 Å². The number of hydrogen-bond acceptors (Lipinski definition) is 3. The van der Waals surface area contributed by atoms with Crippen LogP contribution in [0, 0.1) is 0 Å². The number of hydrogen-bond donors (Lipinski definition) is 1. The zero-order valence-electron chi connectivity index (χ0n) is 10.8. The van der Waals surface area contributed by atoms with E-state index in [1.165, 1.54) is 0 Å². The van der Waals surface area contributed by atoms with Crippen molar-refractivity contribution in [3.8, 4) is 0 Å². The molecule has 0 radical (unpaired) electrons. The van der Waals surface area contributed by atoms with Crippen LogP contribution in [0.15, 0.2) is 24.3 Å². The Morgan fingerprint density at radius 1 is 1.16 bits per heavy atom. The molecule has 5 nitrogen and oxygen atoms in total. The van der Waals surface area contributed by atoms with Gasteiger partial charge < -0.3 is 5.32 Å². The maximum Gasteiger partial charge on any atom is 0.261 e. The van der Waals surface area contributed by atoms with Gasteiger partial charge in [-0.1, -0.05) is 19.1 Å². The van der Waals surface area contributed by atoms with E-state index in [0.717, 1.165) is 11.3 Å². The largest absolute Gasteiger partial charge is 0.356 e. The Hall–Kier alpha value is -2.17. The van der Waals surface area contributed by atoms with Crippen molar-refractivity contribution < 1.29 is 14.4 Å². The molecule has 1 heterocycles. The monoisotopic (exact) mass is 260 g/mol. The Labute approximate surface area is 111 Å². The van der Waals surface area contributed by atoms with Crippen LogP contribution in [-0.2, 0) is 4.79 Å². The van der Waals surface area contributed by atoms with Crippen LogP contribution in [0.4, 0.5) is 0 Å². The molecule has 0 fully saturated rings. The van der Waals surface area contributed by atoms with Crippen LogP contribution in [0.5, 0.6) is 0 Å². The van der Waals surface area contributed by atoms with Crippen molar-refractivity contribution in [2.75, 3.05) is 13.1 Å². The van der Waals surface area contributed by atoms with Gasteiger partial charge in [-0.05, 0) is 18.6 Å². The molecule has 100 valence electrons. The van der Waals surface area contributed by atoms with E-state index in [2.05, 4.69) is 5.32 Å². The van der Waals surface area contributed by atoms with Crippen LogP contribution >= 0.6 is 0 Å². The van der Waals surface area contributed by atoms with Crippen molar-refractivity contribution in [2.45, 2.75) is 19.8 Å². The Balaban J connectivity index is 1.99. The SMILES string of the molecule is CCCNC(=O)CCN1C(=O)c2ccccc2C1=O. The molecule has 19 heavy (non-hydrogen) atoms. The van der Waals surface area contributed by atoms with Gasteiger partial charge in [0.1, 0.15) is 0 Å². The van der Waals surface area contributed by atoms with Crippen LogP contribution in [-0.4, -0.2) is 35.7 Å². The van der Waals surface area contributed by atoms with E-state index >= 15 is 0 Å². The van der Waals surface area contributed by atoms with E-state index in [1.807, 2.05) is 6.92 Å². The fourth-order valence-corrected chi connectivity index (χ4v) is 2.01. The molecule has 0 bridgehead atoms. The molecule has 1 aliphatic heterocycles. The second-order valence-corrected chi connectivity index (χ2v) is 4.41. The number of benzene rings is 1. The summed E-state index contributed by atoms with van der Waals surface area (Å²) in [6, 6.07) is 6.71. The molecule has 2 rings (SSSR count). The van der Waals surface area contributed by atoms with Crippen molar-refractivity contribution in [1.82, 2.24) is 10.2 Å². The molecule has 1 N–H and O–H groups in total. The summed E-state index contributed by atoms with van der Waals surface area (Å²) in [5, 5.41) is 2.72. The van der Waals surface area contributed by atoms with Gasteiger partial charge >= 0.3 is 0 Å². The molecule has 0 atom stereocenters. The van der Waals surface area contributed by atoms with Gasteiger partial charge in [-0.3, -0.25) is 19.3 Å². The Morgan fingerprint density at radius 3 is 2.26 bits per heavy atom. The second kappa shape index (κ2) is 5.65. The van der Waals surface area contributed by atoms with Crippen LogP contribution in [0.1, 0.15) is 40.5 Å². The van der Waals surface area contributed by atoms with Crippen LogP contribution in [0.2, 0.25) is 0 Å². The molecule has 0 spiro atoms. The van der Waals surface area contributed by atoms with Crippen LogP contribution in [0.3, 0.4) is 0 Å². The maximum absolute atomic E-state index is 12.0. The predicted molar refractivity (Wildman–Crippen MR) is 69.7 cm³/mol. The summed E-state index contributed by atoms with van der Waals surface area (Å²) in [6.07, 6.45) is 1.00. The van der Waals surface area contributed by atoms with Crippen molar-refractivity contribution in [1.29, 1.82) is 0 Å². The Morgan fingerprint density at radius 2 is 1.74 bits per heavy atom. The summed E-state index contributed by atoms with van der Waals surface area (Å²) < 4.78 is 0. The first-order valence-corrected chi connectivity index (χ1v) is 6.37. The van der Waals surface area contributed by atoms with Crippen LogP contribution in [0.25, 0.3) is 0 Å². The van der Waals surface area contributed by atoms with Gasteiger partial charge in [0.05, 0.1) is 11.1 Å². The first-order valence-electron chi connectivity index (χ1n) is 6.37. The quantitative estimate of drug-likeness (QED) is 0.809. The minimum absolute atomic E-state index is 0.127. The Bertz CT molecular complexity index is 490. The molecule has 1 aromatic rings. The predicted octanol–water partition coefficient (Wildman–Crippen LogP) is 1.20. The molecule has 0 aromatic heterocycles. The fraction of sp³-hybridized carbons (Fsp3) is 0.357. The van der Waals surface area contributed by atoms with Crippen LogP contribution < -0.4 is 5.32 Å². The van der Waals surface area contributed by atoms with E-state index in [1.54, 1.807) is 24.3 Å². The molecule has 5 heteroatoms. The number of imide groups is 1. The average molecular weight is 260 g/mol. The highest BCUT2D eigenvalue weighted by atomic mass is 16.2. The number of fused-ring (bicyclic) bond motifs is 1. The highest BCUT2D eigenvalue weighted by Crippen LogP contribution is 2.22. The first kappa shape index (κ1) is 13.3. The van der Waals surface area contributed by atoms with E-state index < -0.39 is 0 Å². The lowest BCUT2D eigenvalue weighted by Gasteiger charge is -2.13. The number of carbonyl (C=O) groups is 3. The lowest BCUT2D eigenvalue weighted by atomic mass is 10.1. The third-order valence-electron chi connectivity index (χ3n) is 3.01. The average Bonchev–Trinajstić information content (AvgIpc) is 2.67. The Kier molecular flexibility index (Phi) is 3.94. The van der Waals surface area contributed by atoms with Gasteiger partial charge in [-0.25, -0.2) is 0 Å². The van der Waals surface area contributed by atoms with Crippen molar-refractivity contribution >= 4 is 17.7 Å². The van der Waals surface area contributed by atoms with E-state index in [-0.39, 0.29) is 30.7 Å². The fourth-order valence-electron chi connectivity index (χ4n) is 2.01. The minimum Gasteiger partial charge on any atom is -0.356 e. The number of carbonyl (C=O) groups excluding carboxylic acids is 3. The van der Waals surface area contributed by atoms with Gasteiger partial charge in [0.25, 0.3) is 11.8 Å². The lowest BCUT2D eigenvalue weighted by molar-refractivity contribution is -0.121. The second-order valence-electron chi connectivity index (χ2n) is 4.41. The highest BCUT2D eigenvalue weighted by Gasteiger charge is 2.34. The molecule has 0 aliphatic carbocycles. The molecule has 3 amide bonds. The number of rotatable bonds is 5. The van der Waals surface area contributed by atoms with Gasteiger partial charge in [-0.15, -0.1) is 0 Å². The summed E-state index contributed by atoms with van der Waals surface area (Å²) in [5.74, 6) is -0.772. The first-order chi connectivity index (χ1) is 9.15. The van der Waals surface area contributed by atoms with E-state index in [0.29, 0.717) is 17.7 Å². The summed E-state index contributed by atoms with van der Waals surface area (Å²) in [5.41, 5.74) is 0.836. The van der Waals surface area contributed by atoms with Crippen molar-refractivity contribution in [2.24, 2.45) is 0 Å². The van der Waals surface area contributed by atoms with Gasteiger partial charge in [0, 0.05) is 19.5 Å². The summed E-state index contributed by atoms with van der Waals surface area (Å²) in [6.45, 7) is 2.70. The topological polar surface area (TPSA) is 66.5 Å². The lowest BCUT2D eigenvalue weighted by Crippen LogP contribution is -2.34. The van der Waals surface area contributed by atoms with Crippen molar-refractivity contribution in [3.05, 3.63) is 35.4 Å². The third-order valence-corrected chi connectivity index (χ3v) is 3.01. The van der Waals surface area contributed by atoms with E-state index in [9.17, 15) is 14.4 Å². The van der Waals surface area contributed by atoms with Gasteiger partial charge in [0.15, 0.2) is 0 Å². The molecule has 0 saturated carbocycles. The number of nitrogens with zero attached hydrogens (tertiary/aromatic N) is 1. The van der Waals surface area contributed by atoms with Gasteiger partial charge in [-0.2, -0.15) is 0 Å². The zero-order chi connectivity index (χ0) is 13.8. The number of amides is 3. The molecular formula is C14H16N2O3. The molecule has 0 saturated heterocycles. The molecule has 1 aromatic carbocycles. The highest BCUT2D eigenvalue weighted by molar-refractivity contribution is 6.21. The summed E-state index contributed by atoms with van der Waals surface area (Å²) in [4.78, 5) is 36.6. The third kappa shape index (κ3) is 2.65. The summed E-state index contributed by atoms with van der Waals surface area (Å²) in [7, 11) is 0. The zero-order valence-corrected chi connectivity index (χ0v) is 10.8. The van der Waals surface area contributed by atoms with Crippen molar-refractivity contribution in [3.63, 3.8) is 0 Å². The standard InChI is InChI=1S/C14H16N2O3/c1-2-8-15-12(17)7-9-16-13(18)10-5-3-4-6-11(10)14(16)19/h3-6H,2,7-9H2,1H3,(H,15,17). The summed E-state index contributed by atoms with van der Waals surface area (Å²) >= 11 is 0. The molecule has 0 unspecified atom stereocenters. The minimum atomic E-state index is -0.316. The number of nitrogens with one attached hydrogen (secondary N) is 1.